The number of aliphatic hydroxyl groups excluding tert-OH is 1. The van der Waals surface area contributed by atoms with Gasteiger partial charge in [-0.05, 0) is 44.2 Å². The number of aliphatic hydroxyl groups is 1. The second-order valence-corrected chi connectivity index (χ2v) is 4.90. The van der Waals surface area contributed by atoms with Crippen molar-refractivity contribution in [3.63, 3.8) is 0 Å². The summed E-state index contributed by atoms with van der Waals surface area (Å²) in [7, 11) is 0. The van der Waals surface area contributed by atoms with E-state index in [1.165, 1.54) is 44.9 Å². The van der Waals surface area contributed by atoms with E-state index >= 15 is 0 Å². The predicted octanol–water partition coefficient (Wildman–Crippen LogP) is 2.56. The molecule has 0 radical (unpaired) electrons. The third-order valence-electron chi connectivity index (χ3n) is 3.66. The van der Waals surface area contributed by atoms with E-state index in [4.69, 9.17) is 0 Å². The molecule has 0 bridgehead atoms. The molecule has 0 saturated heterocycles. The summed E-state index contributed by atoms with van der Waals surface area (Å²) in [5.41, 5.74) is 0. The average molecular weight is 213 g/mol. The van der Waals surface area contributed by atoms with Crippen LogP contribution >= 0.6 is 0 Å². The van der Waals surface area contributed by atoms with Crippen molar-refractivity contribution in [3.8, 4) is 0 Å². The fourth-order valence-electron chi connectivity index (χ4n) is 2.58. The van der Waals surface area contributed by atoms with Crippen LogP contribution in [0.5, 0.6) is 0 Å². The predicted molar refractivity (Wildman–Crippen MR) is 64.9 cm³/mol. The number of hydrogen-bond acceptors (Lipinski definition) is 2. The van der Waals surface area contributed by atoms with Gasteiger partial charge in [-0.1, -0.05) is 32.6 Å². The molecule has 0 spiro atoms. The maximum Gasteiger partial charge on any atom is 0.0462 e. The zero-order chi connectivity index (χ0) is 10.9. The molecule has 2 heteroatoms. The van der Waals surface area contributed by atoms with Crippen LogP contribution in [0.2, 0.25) is 0 Å². The van der Waals surface area contributed by atoms with Crippen LogP contribution < -0.4 is 5.32 Å². The first-order valence-corrected chi connectivity index (χ1v) is 6.70. The molecule has 1 fully saturated rings. The van der Waals surface area contributed by atoms with Crippen LogP contribution in [-0.4, -0.2) is 24.8 Å². The molecular weight excluding hydrogens is 186 g/mol. The van der Waals surface area contributed by atoms with E-state index in [1.54, 1.807) is 0 Å². The number of rotatable bonds is 7. The van der Waals surface area contributed by atoms with Crippen molar-refractivity contribution in [1.82, 2.24) is 5.32 Å². The van der Waals surface area contributed by atoms with Crippen LogP contribution in [0, 0.1) is 11.8 Å². The topological polar surface area (TPSA) is 32.3 Å². The second-order valence-electron chi connectivity index (χ2n) is 4.90. The summed E-state index contributed by atoms with van der Waals surface area (Å²) in [6.07, 6.45) is 9.15. The van der Waals surface area contributed by atoms with Crippen LogP contribution in [-0.2, 0) is 0 Å². The lowest BCUT2D eigenvalue weighted by Crippen LogP contribution is -2.32. The number of unbranched alkanes of at least 4 members (excludes halogenated alkanes) is 2. The van der Waals surface area contributed by atoms with Crippen LogP contribution in [0.15, 0.2) is 0 Å². The molecule has 0 amide bonds. The molecule has 1 aliphatic rings. The normalized spacial score (nSPS) is 26.8. The zero-order valence-corrected chi connectivity index (χ0v) is 10.2. The van der Waals surface area contributed by atoms with E-state index in [9.17, 15) is 5.11 Å². The minimum atomic E-state index is 0.390. The van der Waals surface area contributed by atoms with Gasteiger partial charge in [-0.2, -0.15) is 0 Å². The Hall–Kier alpha value is -0.0800. The Kier molecular flexibility index (Phi) is 7.03. The Morgan fingerprint density at radius 2 is 1.87 bits per heavy atom. The molecule has 15 heavy (non-hydrogen) atoms. The standard InChI is InChI=1S/C13H27NO/c1-2-3-6-9-14-10-12-7-4-5-8-13(12)11-15/h12-15H,2-11H2,1H3. The lowest BCUT2D eigenvalue weighted by Gasteiger charge is -2.30. The summed E-state index contributed by atoms with van der Waals surface area (Å²) in [4.78, 5) is 0. The second kappa shape index (κ2) is 8.12. The largest absolute Gasteiger partial charge is 0.396 e. The van der Waals surface area contributed by atoms with Crippen molar-refractivity contribution in [2.75, 3.05) is 19.7 Å². The van der Waals surface area contributed by atoms with Crippen molar-refractivity contribution in [2.45, 2.75) is 51.9 Å². The molecule has 2 nitrogen and oxygen atoms in total. The molecule has 1 rings (SSSR count). The van der Waals surface area contributed by atoms with Crippen molar-refractivity contribution in [3.05, 3.63) is 0 Å². The summed E-state index contributed by atoms with van der Waals surface area (Å²) in [6, 6.07) is 0. The summed E-state index contributed by atoms with van der Waals surface area (Å²) < 4.78 is 0. The molecule has 2 N–H and O–H groups in total. The van der Waals surface area contributed by atoms with E-state index in [0.29, 0.717) is 12.5 Å². The fraction of sp³-hybridized carbons (Fsp3) is 1.00. The van der Waals surface area contributed by atoms with Crippen molar-refractivity contribution in [2.24, 2.45) is 11.8 Å². The highest BCUT2D eigenvalue weighted by molar-refractivity contribution is 4.76. The average Bonchev–Trinajstić information content (AvgIpc) is 2.29. The monoisotopic (exact) mass is 213 g/mol. The van der Waals surface area contributed by atoms with Gasteiger partial charge in [-0.25, -0.2) is 0 Å². The molecule has 0 aromatic carbocycles. The van der Waals surface area contributed by atoms with E-state index < -0.39 is 0 Å². The van der Waals surface area contributed by atoms with Gasteiger partial charge in [0.2, 0.25) is 0 Å². The minimum Gasteiger partial charge on any atom is -0.396 e. The SMILES string of the molecule is CCCCCNCC1CCCCC1CO. The summed E-state index contributed by atoms with van der Waals surface area (Å²) in [5, 5.41) is 12.8. The Labute approximate surface area is 94.5 Å². The van der Waals surface area contributed by atoms with Gasteiger partial charge in [-0.3, -0.25) is 0 Å². The van der Waals surface area contributed by atoms with E-state index in [0.717, 1.165) is 19.0 Å². The smallest absolute Gasteiger partial charge is 0.0462 e. The number of nitrogens with one attached hydrogen (secondary N) is 1. The van der Waals surface area contributed by atoms with Gasteiger partial charge >= 0.3 is 0 Å². The molecule has 1 saturated carbocycles. The fourth-order valence-corrected chi connectivity index (χ4v) is 2.58. The molecule has 0 aromatic heterocycles. The zero-order valence-electron chi connectivity index (χ0n) is 10.2. The molecule has 0 heterocycles. The van der Waals surface area contributed by atoms with E-state index in [1.807, 2.05) is 0 Å². The van der Waals surface area contributed by atoms with Gasteiger partial charge < -0.3 is 10.4 Å². The molecule has 2 atom stereocenters. The van der Waals surface area contributed by atoms with Gasteiger partial charge in [0.05, 0.1) is 0 Å². The van der Waals surface area contributed by atoms with Gasteiger partial charge in [0.1, 0.15) is 0 Å². The Morgan fingerprint density at radius 1 is 1.13 bits per heavy atom. The molecule has 90 valence electrons. The highest BCUT2D eigenvalue weighted by Gasteiger charge is 2.23. The van der Waals surface area contributed by atoms with Gasteiger partial charge in [0.25, 0.3) is 0 Å². The van der Waals surface area contributed by atoms with Crippen LogP contribution in [0.1, 0.15) is 51.9 Å². The minimum absolute atomic E-state index is 0.390. The quantitative estimate of drug-likeness (QED) is 0.637. The van der Waals surface area contributed by atoms with Crippen LogP contribution in [0.25, 0.3) is 0 Å². The van der Waals surface area contributed by atoms with Crippen LogP contribution in [0.3, 0.4) is 0 Å². The maximum absolute atomic E-state index is 9.27. The molecule has 1 aliphatic carbocycles. The molecule has 0 aliphatic heterocycles. The van der Waals surface area contributed by atoms with Crippen LogP contribution in [0.4, 0.5) is 0 Å². The molecule has 2 unspecified atom stereocenters. The Morgan fingerprint density at radius 3 is 2.53 bits per heavy atom. The molecular formula is C13H27NO. The number of hydrogen-bond donors (Lipinski definition) is 2. The molecule has 0 aromatic rings. The van der Waals surface area contributed by atoms with Crippen molar-refractivity contribution in [1.29, 1.82) is 0 Å². The van der Waals surface area contributed by atoms with Gasteiger partial charge in [0.15, 0.2) is 0 Å². The van der Waals surface area contributed by atoms with Crippen molar-refractivity contribution < 1.29 is 5.11 Å². The summed E-state index contributed by atoms with van der Waals surface area (Å²) >= 11 is 0. The lowest BCUT2D eigenvalue weighted by molar-refractivity contribution is 0.133. The van der Waals surface area contributed by atoms with E-state index in [-0.39, 0.29) is 0 Å². The van der Waals surface area contributed by atoms with Crippen molar-refractivity contribution >= 4 is 0 Å². The van der Waals surface area contributed by atoms with Gasteiger partial charge in [0, 0.05) is 6.61 Å². The lowest BCUT2D eigenvalue weighted by atomic mass is 9.79. The Bertz CT molecular complexity index is 149. The first kappa shape index (κ1) is 13.0. The third kappa shape index (κ3) is 4.98. The Balaban J connectivity index is 2.07. The highest BCUT2D eigenvalue weighted by atomic mass is 16.3. The summed E-state index contributed by atoms with van der Waals surface area (Å²) in [6.45, 7) is 4.90. The first-order chi connectivity index (χ1) is 7.38. The van der Waals surface area contributed by atoms with Gasteiger partial charge in [-0.15, -0.1) is 0 Å². The first-order valence-electron chi connectivity index (χ1n) is 6.70. The van der Waals surface area contributed by atoms with E-state index in [2.05, 4.69) is 12.2 Å². The maximum atomic E-state index is 9.27. The highest BCUT2D eigenvalue weighted by Crippen LogP contribution is 2.28. The third-order valence-corrected chi connectivity index (χ3v) is 3.66. The summed E-state index contributed by atoms with van der Waals surface area (Å²) in [5.74, 6) is 1.29.